The molecule has 4 N–H and O–H groups in total. The fourth-order valence-corrected chi connectivity index (χ4v) is 4.81. The van der Waals surface area contributed by atoms with Gasteiger partial charge in [0.15, 0.2) is 6.04 Å². The van der Waals surface area contributed by atoms with Gasteiger partial charge in [-0.25, -0.2) is 5.48 Å². The van der Waals surface area contributed by atoms with Crippen LogP contribution in [-0.4, -0.2) is 65.5 Å². The molecule has 3 amide bonds. The number of hydroxylamine groups is 1. The van der Waals surface area contributed by atoms with Crippen LogP contribution in [0.5, 0.6) is 0 Å². The quantitative estimate of drug-likeness (QED) is 0.202. The van der Waals surface area contributed by atoms with Gasteiger partial charge in [0, 0.05) is 43.4 Å². The van der Waals surface area contributed by atoms with Crippen LogP contribution in [0.3, 0.4) is 0 Å². The maximum absolute atomic E-state index is 12.7. The Morgan fingerprint density at radius 2 is 1.57 bits per heavy atom. The monoisotopic (exact) mass is 494 g/mol. The Labute approximate surface area is 209 Å². The van der Waals surface area contributed by atoms with Gasteiger partial charge in [0.25, 0.3) is 17.7 Å². The maximum atomic E-state index is 12.7. The second-order valence-electron chi connectivity index (χ2n) is 8.20. The first-order valence-electron chi connectivity index (χ1n) is 11.4. The number of amides is 3. The van der Waals surface area contributed by atoms with Crippen LogP contribution in [0.2, 0.25) is 0 Å². The third kappa shape index (κ3) is 7.33. The number of carbonyl (C=O) groups is 3. The average molecular weight is 495 g/mol. The van der Waals surface area contributed by atoms with E-state index >= 15 is 0 Å². The summed E-state index contributed by atoms with van der Waals surface area (Å²) in [5.74, 6) is 6.41. The average Bonchev–Trinajstić information content (AvgIpc) is 2.91. The van der Waals surface area contributed by atoms with E-state index in [0.717, 1.165) is 22.6 Å². The minimum absolute atomic E-state index is 0.283. The lowest BCUT2D eigenvalue weighted by molar-refractivity contribution is -0.140. The van der Waals surface area contributed by atoms with Crippen molar-refractivity contribution >= 4 is 29.5 Å². The second kappa shape index (κ2) is 13.0. The van der Waals surface area contributed by atoms with E-state index < -0.39 is 23.8 Å². The molecular formula is C26H30N4O4S. The lowest BCUT2D eigenvalue weighted by atomic mass is 10.1. The standard InChI is InChI=1S/C26H30N4O4S/c1-27-24(31)23(25(32)29-34)30(2)26(33)21-11-9-19(10-12-21)4-3-18-5-7-20(8-6-18)17-28-22-13-15-35-16-14-22/h5-12,22-23,28,34H,13-17H2,1-2H3,(H,27,31)(H,29,32). The van der Waals surface area contributed by atoms with E-state index in [1.54, 1.807) is 24.3 Å². The van der Waals surface area contributed by atoms with Crippen molar-refractivity contribution < 1.29 is 19.6 Å². The Kier molecular flexibility index (Phi) is 9.73. The highest BCUT2D eigenvalue weighted by Gasteiger charge is 2.33. The number of carbonyl (C=O) groups excluding carboxylic acids is 3. The summed E-state index contributed by atoms with van der Waals surface area (Å²) >= 11 is 2.02. The largest absolute Gasteiger partial charge is 0.357 e. The predicted octanol–water partition coefficient (Wildman–Crippen LogP) is 1.76. The van der Waals surface area contributed by atoms with Crippen LogP contribution in [-0.2, 0) is 16.1 Å². The predicted molar refractivity (Wildman–Crippen MR) is 136 cm³/mol. The summed E-state index contributed by atoms with van der Waals surface area (Å²) in [7, 11) is 2.66. The number of hydrogen-bond donors (Lipinski definition) is 4. The molecule has 0 bridgehead atoms. The second-order valence-corrected chi connectivity index (χ2v) is 9.43. The van der Waals surface area contributed by atoms with Gasteiger partial charge < -0.3 is 15.5 Å². The molecule has 0 aromatic heterocycles. The van der Waals surface area contributed by atoms with Gasteiger partial charge in [0.2, 0.25) is 0 Å². The molecule has 0 spiro atoms. The number of nitrogens with one attached hydrogen (secondary N) is 3. The Hall–Kier alpha value is -3.32. The third-order valence-corrected chi connectivity index (χ3v) is 6.86. The van der Waals surface area contributed by atoms with Gasteiger partial charge in [-0.05, 0) is 66.3 Å². The van der Waals surface area contributed by atoms with Gasteiger partial charge in [0.05, 0.1) is 0 Å². The van der Waals surface area contributed by atoms with E-state index in [-0.39, 0.29) is 5.56 Å². The lowest BCUT2D eigenvalue weighted by Gasteiger charge is -2.25. The van der Waals surface area contributed by atoms with Crippen LogP contribution in [0.1, 0.15) is 39.9 Å². The summed E-state index contributed by atoms with van der Waals surface area (Å²) in [4.78, 5) is 37.6. The fraction of sp³-hybridized carbons (Fsp3) is 0.346. The van der Waals surface area contributed by atoms with E-state index in [9.17, 15) is 14.4 Å². The molecule has 184 valence electrons. The van der Waals surface area contributed by atoms with Crippen LogP contribution in [0, 0.1) is 11.8 Å². The molecule has 2 aromatic carbocycles. The SMILES string of the molecule is CNC(=O)C(C(=O)NO)N(C)C(=O)c1ccc(C#Cc2ccc(CNC3CCSCC3)cc2)cc1. The molecule has 2 aromatic rings. The van der Waals surface area contributed by atoms with Gasteiger partial charge in [-0.15, -0.1) is 0 Å². The van der Waals surface area contributed by atoms with Crippen molar-refractivity contribution in [2.24, 2.45) is 0 Å². The maximum Gasteiger partial charge on any atom is 0.275 e. The Morgan fingerprint density at radius 3 is 2.11 bits per heavy atom. The van der Waals surface area contributed by atoms with Gasteiger partial charge >= 0.3 is 0 Å². The number of rotatable bonds is 7. The minimum Gasteiger partial charge on any atom is -0.357 e. The van der Waals surface area contributed by atoms with Crippen LogP contribution in [0.4, 0.5) is 0 Å². The summed E-state index contributed by atoms with van der Waals surface area (Å²) in [5, 5.41) is 14.8. The first kappa shape index (κ1) is 26.3. The molecule has 1 aliphatic heterocycles. The van der Waals surface area contributed by atoms with Crippen molar-refractivity contribution in [1.29, 1.82) is 0 Å². The molecule has 1 saturated heterocycles. The van der Waals surface area contributed by atoms with Crippen molar-refractivity contribution in [3.8, 4) is 11.8 Å². The van der Waals surface area contributed by atoms with Crippen LogP contribution in [0.15, 0.2) is 48.5 Å². The summed E-state index contributed by atoms with van der Waals surface area (Å²) in [5.41, 5.74) is 4.55. The Balaban J connectivity index is 1.60. The molecule has 0 aliphatic carbocycles. The van der Waals surface area contributed by atoms with Gasteiger partial charge in [-0.3, -0.25) is 19.6 Å². The molecule has 0 radical (unpaired) electrons. The molecule has 35 heavy (non-hydrogen) atoms. The molecule has 1 aliphatic rings. The summed E-state index contributed by atoms with van der Waals surface area (Å²) in [6.07, 6.45) is 2.45. The summed E-state index contributed by atoms with van der Waals surface area (Å²) in [6, 6.07) is 13.8. The highest BCUT2D eigenvalue weighted by atomic mass is 32.2. The number of benzene rings is 2. The molecule has 1 fully saturated rings. The Morgan fingerprint density at radius 1 is 1.00 bits per heavy atom. The normalized spacial score (nSPS) is 14.3. The smallest absolute Gasteiger partial charge is 0.275 e. The Bertz CT molecular complexity index is 1070. The third-order valence-electron chi connectivity index (χ3n) is 5.81. The van der Waals surface area contributed by atoms with Crippen LogP contribution >= 0.6 is 11.8 Å². The molecule has 0 saturated carbocycles. The van der Waals surface area contributed by atoms with Gasteiger partial charge in [0.1, 0.15) is 0 Å². The van der Waals surface area contributed by atoms with Crippen molar-refractivity contribution in [3.05, 3.63) is 70.8 Å². The van der Waals surface area contributed by atoms with E-state index in [2.05, 4.69) is 34.6 Å². The number of likely N-dealkylation sites (N-methyl/N-ethyl adjacent to an activating group) is 2. The highest BCUT2D eigenvalue weighted by molar-refractivity contribution is 7.99. The first-order valence-corrected chi connectivity index (χ1v) is 12.5. The zero-order valence-electron chi connectivity index (χ0n) is 19.8. The van der Waals surface area contributed by atoms with Crippen molar-refractivity contribution in [2.75, 3.05) is 25.6 Å². The summed E-state index contributed by atoms with van der Waals surface area (Å²) < 4.78 is 0. The fourth-order valence-electron chi connectivity index (χ4n) is 3.70. The summed E-state index contributed by atoms with van der Waals surface area (Å²) in [6.45, 7) is 0.855. The lowest BCUT2D eigenvalue weighted by Crippen LogP contribution is -2.54. The van der Waals surface area contributed by atoms with E-state index in [1.165, 1.54) is 49.5 Å². The number of nitrogens with zero attached hydrogens (tertiary/aromatic N) is 1. The van der Waals surface area contributed by atoms with Crippen molar-refractivity contribution in [3.63, 3.8) is 0 Å². The van der Waals surface area contributed by atoms with Gasteiger partial charge in [-0.1, -0.05) is 24.0 Å². The molecule has 9 heteroatoms. The first-order chi connectivity index (χ1) is 16.9. The molecule has 1 atom stereocenters. The van der Waals surface area contributed by atoms with Crippen molar-refractivity contribution in [1.82, 2.24) is 21.0 Å². The molecule has 1 unspecified atom stereocenters. The highest BCUT2D eigenvalue weighted by Crippen LogP contribution is 2.17. The van der Waals surface area contributed by atoms with Crippen LogP contribution < -0.4 is 16.1 Å². The van der Waals surface area contributed by atoms with Crippen LogP contribution in [0.25, 0.3) is 0 Å². The van der Waals surface area contributed by atoms with Gasteiger partial charge in [-0.2, -0.15) is 11.8 Å². The molecular weight excluding hydrogens is 464 g/mol. The van der Waals surface area contributed by atoms with Crippen molar-refractivity contribution in [2.45, 2.75) is 31.5 Å². The molecule has 3 rings (SSSR count). The molecule has 1 heterocycles. The van der Waals surface area contributed by atoms with E-state index in [1.807, 2.05) is 23.9 Å². The number of thioether (sulfide) groups is 1. The molecule has 8 nitrogen and oxygen atoms in total. The minimum atomic E-state index is -1.50. The zero-order chi connectivity index (χ0) is 25.2. The topological polar surface area (TPSA) is 111 Å². The number of hydrogen-bond acceptors (Lipinski definition) is 6. The zero-order valence-corrected chi connectivity index (χ0v) is 20.7. The van der Waals surface area contributed by atoms with E-state index in [0.29, 0.717) is 6.04 Å². The van der Waals surface area contributed by atoms with E-state index in [4.69, 9.17) is 5.21 Å².